The van der Waals surface area contributed by atoms with Crippen LogP contribution in [0.5, 0.6) is 0 Å². The van der Waals surface area contributed by atoms with E-state index >= 15 is 0 Å². The standard InChI is InChI=1S/C16H20ClNO2/c1-12-5-3-6-13(2)16(12)18(15(19)9-17)10-14-7-4-8-20-11-14/h3,5-6,10H,4,7-9,11H2,1-2H3. The van der Waals surface area contributed by atoms with Gasteiger partial charge in [0.2, 0.25) is 5.91 Å². The minimum absolute atomic E-state index is 0.0294. The first kappa shape index (κ1) is 15.1. The second kappa shape index (κ2) is 6.91. The Morgan fingerprint density at radius 2 is 2.10 bits per heavy atom. The summed E-state index contributed by atoms with van der Waals surface area (Å²) in [5.41, 5.74) is 4.20. The van der Waals surface area contributed by atoms with Crippen molar-refractivity contribution < 1.29 is 9.53 Å². The van der Waals surface area contributed by atoms with E-state index in [2.05, 4.69) is 0 Å². The fourth-order valence-electron chi connectivity index (χ4n) is 2.47. The normalized spacial score (nSPS) is 17.2. The average Bonchev–Trinajstić information content (AvgIpc) is 2.46. The van der Waals surface area contributed by atoms with E-state index in [1.54, 1.807) is 4.90 Å². The second-order valence-corrected chi connectivity index (χ2v) is 5.35. The van der Waals surface area contributed by atoms with Crippen LogP contribution in [-0.2, 0) is 9.53 Å². The maximum absolute atomic E-state index is 12.2. The Kier molecular flexibility index (Phi) is 5.21. The topological polar surface area (TPSA) is 29.5 Å². The van der Waals surface area contributed by atoms with Gasteiger partial charge in [0.05, 0.1) is 12.3 Å². The fourth-order valence-corrected chi connectivity index (χ4v) is 2.60. The van der Waals surface area contributed by atoms with Crippen molar-refractivity contribution in [3.63, 3.8) is 0 Å². The Hall–Kier alpha value is -1.32. The molecular formula is C16H20ClNO2. The van der Waals surface area contributed by atoms with Gasteiger partial charge in [-0.2, -0.15) is 0 Å². The number of para-hydroxylation sites is 1. The molecule has 1 heterocycles. The van der Waals surface area contributed by atoms with Crippen molar-refractivity contribution in [2.45, 2.75) is 26.7 Å². The molecule has 0 N–H and O–H groups in total. The van der Waals surface area contributed by atoms with Gasteiger partial charge in [-0.1, -0.05) is 18.2 Å². The van der Waals surface area contributed by atoms with Crippen molar-refractivity contribution >= 4 is 23.2 Å². The first-order valence-electron chi connectivity index (χ1n) is 6.85. The molecule has 0 aromatic heterocycles. The van der Waals surface area contributed by atoms with Crippen LogP contribution in [0.3, 0.4) is 0 Å². The molecule has 2 rings (SSSR count). The summed E-state index contributed by atoms with van der Waals surface area (Å²) < 4.78 is 5.45. The number of ether oxygens (including phenoxy) is 1. The van der Waals surface area contributed by atoms with Crippen LogP contribution in [-0.4, -0.2) is 25.0 Å². The smallest absolute Gasteiger partial charge is 0.245 e. The molecule has 0 atom stereocenters. The van der Waals surface area contributed by atoms with Crippen molar-refractivity contribution in [2.75, 3.05) is 24.0 Å². The van der Waals surface area contributed by atoms with Crippen LogP contribution in [0.1, 0.15) is 24.0 Å². The lowest BCUT2D eigenvalue weighted by molar-refractivity contribution is -0.115. The number of amides is 1. The highest BCUT2D eigenvalue weighted by molar-refractivity contribution is 6.29. The second-order valence-electron chi connectivity index (χ2n) is 5.08. The molecule has 0 aliphatic carbocycles. The maximum Gasteiger partial charge on any atom is 0.245 e. The molecule has 1 aromatic rings. The lowest BCUT2D eigenvalue weighted by Gasteiger charge is -2.25. The van der Waals surface area contributed by atoms with Crippen LogP contribution < -0.4 is 4.90 Å². The number of benzene rings is 1. The third-order valence-electron chi connectivity index (χ3n) is 3.45. The molecule has 108 valence electrons. The molecule has 0 saturated carbocycles. The number of carbonyl (C=O) groups is 1. The van der Waals surface area contributed by atoms with E-state index in [1.165, 1.54) is 0 Å². The SMILES string of the molecule is Cc1cccc(C)c1N(C=C1CCCOC1)C(=O)CCl. The number of hydrogen-bond donors (Lipinski definition) is 0. The highest BCUT2D eigenvalue weighted by Gasteiger charge is 2.18. The highest BCUT2D eigenvalue weighted by Crippen LogP contribution is 2.27. The van der Waals surface area contributed by atoms with Crippen LogP contribution in [0.15, 0.2) is 30.0 Å². The van der Waals surface area contributed by atoms with E-state index in [9.17, 15) is 4.79 Å². The van der Waals surface area contributed by atoms with Gasteiger partial charge in [0, 0.05) is 12.8 Å². The number of rotatable bonds is 3. The van der Waals surface area contributed by atoms with Crippen molar-refractivity contribution in [3.05, 3.63) is 41.1 Å². The van der Waals surface area contributed by atoms with Crippen molar-refractivity contribution in [3.8, 4) is 0 Å². The number of alkyl halides is 1. The third kappa shape index (κ3) is 3.41. The lowest BCUT2D eigenvalue weighted by Crippen LogP contribution is -2.29. The molecule has 0 spiro atoms. The first-order chi connectivity index (χ1) is 9.63. The quantitative estimate of drug-likeness (QED) is 0.797. The molecule has 4 heteroatoms. The Bertz CT molecular complexity index is 497. The van der Waals surface area contributed by atoms with Gasteiger partial charge >= 0.3 is 0 Å². The van der Waals surface area contributed by atoms with Gasteiger partial charge in [0.25, 0.3) is 0 Å². The number of nitrogens with zero attached hydrogens (tertiary/aromatic N) is 1. The zero-order valence-corrected chi connectivity index (χ0v) is 12.7. The summed E-state index contributed by atoms with van der Waals surface area (Å²) in [6, 6.07) is 6.01. The van der Waals surface area contributed by atoms with Gasteiger partial charge < -0.3 is 4.74 Å². The zero-order chi connectivity index (χ0) is 14.5. The number of anilines is 1. The molecule has 20 heavy (non-hydrogen) atoms. The Labute approximate surface area is 125 Å². The Morgan fingerprint density at radius 1 is 1.40 bits per heavy atom. The van der Waals surface area contributed by atoms with Crippen LogP contribution in [0.2, 0.25) is 0 Å². The van der Waals surface area contributed by atoms with Gasteiger partial charge in [-0.05, 0) is 43.4 Å². The molecule has 0 unspecified atom stereocenters. The summed E-state index contributed by atoms with van der Waals surface area (Å²) in [6.45, 7) is 5.40. The largest absolute Gasteiger partial charge is 0.377 e. The fraction of sp³-hybridized carbons (Fsp3) is 0.438. The predicted octanol–water partition coefficient (Wildman–Crippen LogP) is 3.57. The van der Waals surface area contributed by atoms with Gasteiger partial charge in [-0.15, -0.1) is 11.6 Å². The molecular weight excluding hydrogens is 274 g/mol. The van der Waals surface area contributed by atoms with Crippen molar-refractivity contribution in [1.82, 2.24) is 0 Å². The van der Waals surface area contributed by atoms with Crippen LogP contribution in [0.25, 0.3) is 0 Å². The minimum atomic E-state index is -0.109. The Morgan fingerprint density at radius 3 is 2.65 bits per heavy atom. The van der Waals surface area contributed by atoms with Gasteiger partial charge in [0.1, 0.15) is 5.88 Å². The number of aryl methyl sites for hydroxylation is 2. The minimum Gasteiger partial charge on any atom is -0.377 e. The van der Waals surface area contributed by atoms with Crippen LogP contribution >= 0.6 is 11.6 Å². The molecule has 1 saturated heterocycles. The molecule has 1 aromatic carbocycles. The molecule has 3 nitrogen and oxygen atoms in total. The molecule has 1 aliphatic rings. The number of carbonyl (C=O) groups excluding carboxylic acids is 1. The van der Waals surface area contributed by atoms with Gasteiger partial charge in [-0.3, -0.25) is 9.69 Å². The van der Waals surface area contributed by atoms with Crippen LogP contribution in [0, 0.1) is 13.8 Å². The zero-order valence-electron chi connectivity index (χ0n) is 12.0. The Balaban J connectivity index is 2.39. The third-order valence-corrected chi connectivity index (χ3v) is 3.68. The van der Waals surface area contributed by atoms with E-state index in [0.717, 1.165) is 41.8 Å². The van der Waals surface area contributed by atoms with E-state index in [1.807, 2.05) is 38.2 Å². The summed E-state index contributed by atoms with van der Waals surface area (Å²) in [5.74, 6) is -0.138. The maximum atomic E-state index is 12.2. The molecule has 1 fully saturated rings. The van der Waals surface area contributed by atoms with Gasteiger partial charge in [0.15, 0.2) is 0 Å². The monoisotopic (exact) mass is 293 g/mol. The summed E-state index contributed by atoms with van der Waals surface area (Å²) in [4.78, 5) is 13.9. The molecule has 1 aliphatic heterocycles. The summed E-state index contributed by atoms with van der Waals surface area (Å²) in [7, 11) is 0. The molecule has 1 amide bonds. The van der Waals surface area contributed by atoms with Gasteiger partial charge in [-0.25, -0.2) is 0 Å². The number of halogens is 1. The summed E-state index contributed by atoms with van der Waals surface area (Å²) in [6.07, 6.45) is 3.87. The van der Waals surface area contributed by atoms with E-state index in [0.29, 0.717) is 6.61 Å². The van der Waals surface area contributed by atoms with Crippen LogP contribution in [0.4, 0.5) is 5.69 Å². The summed E-state index contributed by atoms with van der Waals surface area (Å²) >= 11 is 5.77. The van der Waals surface area contributed by atoms with Crippen molar-refractivity contribution in [2.24, 2.45) is 0 Å². The molecule has 0 bridgehead atoms. The lowest BCUT2D eigenvalue weighted by atomic mass is 10.1. The van der Waals surface area contributed by atoms with E-state index in [-0.39, 0.29) is 11.8 Å². The van der Waals surface area contributed by atoms with E-state index in [4.69, 9.17) is 16.3 Å². The average molecular weight is 294 g/mol. The number of hydrogen-bond acceptors (Lipinski definition) is 2. The summed E-state index contributed by atoms with van der Waals surface area (Å²) in [5, 5.41) is 0. The molecule has 0 radical (unpaired) electrons. The van der Waals surface area contributed by atoms with Crippen molar-refractivity contribution in [1.29, 1.82) is 0 Å². The first-order valence-corrected chi connectivity index (χ1v) is 7.38. The van der Waals surface area contributed by atoms with E-state index < -0.39 is 0 Å². The predicted molar refractivity (Wildman–Crippen MR) is 82.3 cm³/mol. The highest BCUT2D eigenvalue weighted by atomic mass is 35.5.